The van der Waals surface area contributed by atoms with Gasteiger partial charge in [-0.15, -0.1) is 0 Å². The van der Waals surface area contributed by atoms with Crippen molar-refractivity contribution < 1.29 is 13.2 Å². The van der Waals surface area contributed by atoms with Crippen LogP contribution < -0.4 is 10.5 Å². The van der Waals surface area contributed by atoms with Crippen LogP contribution in [-0.2, 0) is 14.9 Å². The highest BCUT2D eigenvalue weighted by molar-refractivity contribution is 7.87. The maximum absolute atomic E-state index is 11.9. The maximum atomic E-state index is 11.9. The normalized spacial score (nSPS) is 27.4. The van der Waals surface area contributed by atoms with Crippen molar-refractivity contribution in [2.24, 2.45) is 11.7 Å². The van der Waals surface area contributed by atoms with Crippen LogP contribution in [0.4, 0.5) is 0 Å². The molecule has 7 heteroatoms. The van der Waals surface area contributed by atoms with Crippen molar-refractivity contribution >= 4 is 10.2 Å². The van der Waals surface area contributed by atoms with E-state index in [1.165, 1.54) is 11.4 Å². The molecule has 0 spiro atoms. The van der Waals surface area contributed by atoms with Crippen molar-refractivity contribution in [3.8, 4) is 0 Å². The van der Waals surface area contributed by atoms with Gasteiger partial charge in [-0.3, -0.25) is 0 Å². The average Bonchev–Trinajstić information content (AvgIpc) is 2.60. The molecular weight excluding hydrogens is 230 g/mol. The fourth-order valence-electron chi connectivity index (χ4n) is 1.97. The molecule has 2 atom stereocenters. The summed E-state index contributed by atoms with van der Waals surface area (Å²) in [7, 11) is -1.84. The van der Waals surface area contributed by atoms with Gasteiger partial charge in [-0.05, 0) is 25.8 Å². The fraction of sp³-hybridized carbons (Fsp3) is 1.00. The highest BCUT2D eigenvalue weighted by Crippen LogP contribution is 2.24. The predicted octanol–water partition coefficient (Wildman–Crippen LogP) is -0.864. The zero-order valence-corrected chi connectivity index (χ0v) is 10.7. The van der Waals surface area contributed by atoms with Crippen molar-refractivity contribution in [2.45, 2.75) is 19.4 Å². The standard InChI is InChI=1S/C9H21N3O3S/c1-8-5-9(6-10)7-12(8)16(13,14)11-3-4-15-2/h8-9,11H,3-7,10H2,1-2H3. The number of nitrogens with one attached hydrogen (secondary N) is 1. The maximum Gasteiger partial charge on any atom is 0.279 e. The van der Waals surface area contributed by atoms with E-state index in [0.29, 0.717) is 26.2 Å². The molecule has 0 aliphatic carbocycles. The Morgan fingerprint density at radius 1 is 1.56 bits per heavy atom. The minimum absolute atomic E-state index is 0.0218. The first-order chi connectivity index (χ1) is 7.51. The van der Waals surface area contributed by atoms with E-state index < -0.39 is 10.2 Å². The molecule has 0 amide bonds. The SMILES string of the molecule is COCCNS(=O)(=O)N1CC(CN)CC1C. The van der Waals surface area contributed by atoms with Crippen LogP contribution in [0, 0.1) is 5.92 Å². The number of rotatable bonds is 6. The Labute approximate surface area is 97.3 Å². The Hall–Kier alpha value is -0.210. The van der Waals surface area contributed by atoms with E-state index in [0.717, 1.165) is 6.42 Å². The summed E-state index contributed by atoms with van der Waals surface area (Å²) in [6.45, 7) is 3.64. The molecule has 1 saturated heterocycles. The number of nitrogens with two attached hydrogens (primary N) is 1. The van der Waals surface area contributed by atoms with Crippen molar-refractivity contribution in [1.29, 1.82) is 0 Å². The van der Waals surface area contributed by atoms with E-state index in [1.54, 1.807) is 0 Å². The lowest BCUT2D eigenvalue weighted by molar-refractivity contribution is 0.203. The molecular formula is C9H21N3O3S. The van der Waals surface area contributed by atoms with Gasteiger partial charge in [-0.2, -0.15) is 17.4 Å². The smallest absolute Gasteiger partial charge is 0.279 e. The van der Waals surface area contributed by atoms with Crippen LogP contribution in [-0.4, -0.2) is 52.1 Å². The number of nitrogens with zero attached hydrogens (tertiary/aromatic N) is 1. The van der Waals surface area contributed by atoms with Gasteiger partial charge in [-0.1, -0.05) is 0 Å². The average molecular weight is 251 g/mol. The molecule has 1 aliphatic rings. The molecule has 0 aromatic rings. The van der Waals surface area contributed by atoms with E-state index in [2.05, 4.69) is 4.72 Å². The second-order valence-electron chi connectivity index (χ2n) is 4.15. The quantitative estimate of drug-likeness (QED) is 0.601. The summed E-state index contributed by atoms with van der Waals surface area (Å²) < 4.78 is 32.6. The molecule has 6 nitrogen and oxygen atoms in total. The summed E-state index contributed by atoms with van der Waals surface area (Å²) in [5, 5.41) is 0. The third-order valence-corrected chi connectivity index (χ3v) is 4.53. The van der Waals surface area contributed by atoms with Crippen molar-refractivity contribution in [2.75, 3.05) is 33.4 Å². The zero-order valence-electron chi connectivity index (χ0n) is 9.85. The molecule has 2 unspecified atom stereocenters. The van der Waals surface area contributed by atoms with Gasteiger partial charge in [0.05, 0.1) is 6.61 Å². The van der Waals surface area contributed by atoms with Gasteiger partial charge in [0, 0.05) is 26.2 Å². The molecule has 1 rings (SSSR count). The van der Waals surface area contributed by atoms with Crippen LogP contribution in [0.25, 0.3) is 0 Å². The second-order valence-corrected chi connectivity index (χ2v) is 5.86. The Morgan fingerprint density at radius 2 is 2.25 bits per heavy atom. The van der Waals surface area contributed by atoms with Crippen molar-refractivity contribution in [3.05, 3.63) is 0 Å². The first-order valence-electron chi connectivity index (χ1n) is 5.46. The third-order valence-electron chi connectivity index (χ3n) is 2.84. The van der Waals surface area contributed by atoms with Gasteiger partial charge in [0.15, 0.2) is 0 Å². The zero-order chi connectivity index (χ0) is 12.2. The van der Waals surface area contributed by atoms with Gasteiger partial charge in [0.2, 0.25) is 0 Å². The van der Waals surface area contributed by atoms with Crippen LogP contribution in [0.1, 0.15) is 13.3 Å². The minimum Gasteiger partial charge on any atom is -0.383 e. The minimum atomic E-state index is -3.38. The fourth-order valence-corrected chi connectivity index (χ4v) is 3.44. The number of ether oxygens (including phenoxy) is 1. The molecule has 0 aromatic carbocycles. The molecule has 0 saturated carbocycles. The lowest BCUT2D eigenvalue weighted by Crippen LogP contribution is -2.43. The Morgan fingerprint density at radius 3 is 2.75 bits per heavy atom. The van der Waals surface area contributed by atoms with E-state index in [9.17, 15) is 8.42 Å². The number of hydrogen-bond acceptors (Lipinski definition) is 4. The largest absolute Gasteiger partial charge is 0.383 e. The molecule has 1 fully saturated rings. The molecule has 0 bridgehead atoms. The second kappa shape index (κ2) is 5.92. The van der Waals surface area contributed by atoms with Crippen LogP contribution in [0.3, 0.4) is 0 Å². The molecule has 16 heavy (non-hydrogen) atoms. The summed E-state index contributed by atoms with van der Waals surface area (Å²) >= 11 is 0. The van der Waals surface area contributed by atoms with E-state index >= 15 is 0 Å². The predicted molar refractivity (Wildman–Crippen MR) is 62.1 cm³/mol. The first-order valence-corrected chi connectivity index (χ1v) is 6.90. The van der Waals surface area contributed by atoms with E-state index in [1.807, 2.05) is 6.92 Å². The summed E-state index contributed by atoms with van der Waals surface area (Å²) in [6, 6.07) is 0.0218. The van der Waals surface area contributed by atoms with Crippen LogP contribution in [0.15, 0.2) is 0 Å². The molecule has 96 valence electrons. The van der Waals surface area contributed by atoms with Gasteiger partial charge < -0.3 is 10.5 Å². The van der Waals surface area contributed by atoms with Gasteiger partial charge in [0.1, 0.15) is 0 Å². The topological polar surface area (TPSA) is 84.7 Å². The van der Waals surface area contributed by atoms with Crippen LogP contribution in [0.2, 0.25) is 0 Å². The van der Waals surface area contributed by atoms with E-state index in [4.69, 9.17) is 10.5 Å². The van der Waals surface area contributed by atoms with E-state index in [-0.39, 0.29) is 12.0 Å². The molecule has 3 N–H and O–H groups in total. The van der Waals surface area contributed by atoms with Crippen LogP contribution >= 0.6 is 0 Å². The monoisotopic (exact) mass is 251 g/mol. The summed E-state index contributed by atoms with van der Waals surface area (Å²) in [6.07, 6.45) is 0.835. The highest BCUT2D eigenvalue weighted by Gasteiger charge is 2.35. The molecule has 1 aliphatic heterocycles. The third kappa shape index (κ3) is 3.39. The van der Waals surface area contributed by atoms with Crippen molar-refractivity contribution in [3.63, 3.8) is 0 Å². The highest BCUT2D eigenvalue weighted by atomic mass is 32.2. The molecule has 0 aromatic heterocycles. The Balaban J connectivity index is 2.55. The summed E-state index contributed by atoms with van der Waals surface area (Å²) in [4.78, 5) is 0. The lowest BCUT2D eigenvalue weighted by atomic mass is 10.1. The summed E-state index contributed by atoms with van der Waals surface area (Å²) in [5.41, 5.74) is 5.56. The Kier molecular flexibility index (Phi) is 5.13. The van der Waals surface area contributed by atoms with Crippen LogP contribution in [0.5, 0.6) is 0 Å². The number of methoxy groups -OCH3 is 1. The lowest BCUT2D eigenvalue weighted by Gasteiger charge is -2.21. The number of hydrogen-bond donors (Lipinski definition) is 2. The van der Waals surface area contributed by atoms with Gasteiger partial charge in [-0.25, -0.2) is 0 Å². The van der Waals surface area contributed by atoms with Gasteiger partial charge in [0.25, 0.3) is 10.2 Å². The summed E-state index contributed by atoms with van der Waals surface area (Å²) in [5.74, 6) is 0.272. The molecule has 0 radical (unpaired) electrons. The first kappa shape index (κ1) is 13.9. The molecule has 1 heterocycles. The Bertz CT molecular complexity index is 307. The van der Waals surface area contributed by atoms with Crippen molar-refractivity contribution in [1.82, 2.24) is 9.03 Å². The van der Waals surface area contributed by atoms with Gasteiger partial charge >= 0.3 is 0 Å².